The first-order chi connectivity index (χ1) is 5.68. The summed E-state index contributed by atoms with van der Waals surface area (Å²) < 4.78 is 0. The van der Waals surface area contributed by atoms with Crippen molar-refractivity contribution in [1.82, 2.24) is 0 Å². The molecule has 0 bridgehead atoms. The van der Waals surface area contributed by atoms with Gasteiger partial charge in [0.15, 0.2) is 0 Å². The van der Waals surface area contributed by atoms with E-state index in [0.29, 0.717) is 5.92 Å². The molecule has 0 heterocycles. The number of nitrogens with two attached hydrogens (primary N) is 1. The number of hydrogen-bond donors (Lipinski definition) is 1. The van der Waals surface area contributed by atoms with Gasteiger partial charge in [-0.15, -0.1) is 0 Å². The Bertz CT molecular complexity index is 309. The minimum atomic E-state index is 0.206. The highest BCUT2D eigenvalue weighted by Crippen LogP contribution is 2.35. The number of rotatable bonds is 0. The molecule has 1 aliphatic rings. The van der Waals surface area contributed by atoms with Gasteiger partial charge in [-0.1, -0.05) is 24.6 Å². The summed E-state index contributed by atoms with van der Waals surface area (Å²) in [5.41, 5.74) is 8.59. The normalized spacial score (nSPS) is 27.2. The van der Waals surface area contributed by atoms with Crippen molar-refractivity contribution in [1.29, 1.82) is 0 Å². The monoisotopic (exact) mass is 181 g/mol. The molecule has 1 aliphatic carbocycles. The fourth-order valence-corrected chi connectivity index (χ4v) is 2.05. The Labute approximate surface area is 77.5 Å². The molecule has 2 rings (SSSR count). The van der Waals surface area contributed by atoms with Crippen LogP contribution in [-0.2, 0) is 6.42 Å². The van der Waals surface area contributed by atoms with E-state index in [1.54, 1.807) is 0 Å². The average molecular weight is 182 g/mol. The second-order valence-electron chi connectivity index (χ2n) is 3.55. The first kappa shape index (κ1) is 8.09. The standard InChI is InChI=1S/C10H12ClN/c1-6-4-7-5-8(11)2-3-9(7)10(6)12/h2-3,5-6,10H,4,12H2,1H3. The summed E-state index contributed by atoms with van der Waals surface area (Å²) in [6.45, 7) is 2.18. The van der Waals surface area contributed by atoms with Gasteiger partial charge in [-0.2, -0.15) is 0 Å². The van der Waals surface area contributed by atoms with Gasteiger partial charge >= 0.3 is 0 Å². The van der Waals surface area contributed by atoms with Crippen molar-refractivity contribution in [2.24, 2.45) is 11.7 Å². The van der Waals surface area contributed by atoms with Crippen LogP contribution in [0.4, 0.5) is 0 Å². The van der Waals surface area contributed by atoms with Crippen LogP contribution in [-0.4, -0.2) is 0 Å². The number of halogens is 1. The molecule has 2 heteroatoms. The van der Waals surface area contributed by atoms with Gasteiger partial charge in [-0.3, -0.25) is 0 Å². The van der Waals surface area contributed by atoms with E-state index in [-0.39, 0.29) is 6.04 Å². The molecule has 12 heavy (non-hydrogen) atoms. The Morgan fingerprint density at radius 1 is 1.50 bits per heavy atom. The topological polar surface area (TPSA) is 26.0 Å². The van der Waals surface area contributed by atoms with E-state index in [4.69, 9.17) is 17.3 Å². The van der Waals surface area contributed by atoms with Crippen LogP contribution in [0.1, 0.15) is 24.1 Å². The van der Waals surface area contributed by atoms with Crippen LogP contribution < -0.4 is 5.73 Å². The van der Waals surface area contributed by atoms with Gasteiger partial charge in [-0.25, -0.2) is 0 Å². The van der Waals surface area contributed by atoms with Crippen molar-refractivity contribution in [2.75, 3.05) is 0 Å². The van der Waals surface area contributed by atoms with E-state index in [0.717, 1.165) is 11.4 Å². The Hall–Kier alpha value is -0.530. The quantitative estimate of drug-likeness (QED) is 0.654. The van der Waals surface area contributed by atoms with Gasteiger partial charge in [0.2, 0.25) is 0 Å². The molecule has 0 fully saturated rings. The zero-order chi connectivity index (χ0) is 8.72. The van der Waals surface area contributed by atoms with E-state index < -0.39 is 0 Å². The van der Waals surface area contributed by atoms with E-state index in [2.05, 4.69) is 6.92 Å². The second-order valence-corrected chi connectivity index (χ2v) is 3.99. The van der Waals surface area contributed by atoms with Crippen LogP contribution in [0.2, 0.25) is 5.02 Å². The van der Waals surface area contributed by atoms with E-state index in [1.165, 1.54) is 11.1 Å². The minimum absolute atomic E-state index is 0.206. The van der Waals surface area contributed by atoms with Crippen LogP contribution in [0.25, 0.3) is 0 Å². The Morgan fingerprint density at radius 3 is 3.00 bits per heavy atom. The molecule has 0 spiro atoms. The van der Waals surface area contributed by atoms with Crippen LogP contribution in [0.5, 0.6) is 0 Å². The lowest BCUT2D eigenvalue weighted by molar-refractivity contribution is 0.513. The third-order valence-electron chi connectivity index (χ3n) is 2.62. The highest BCUT2D eigenvalue weighted by atomic mass is 35.5. The summed E-state index contributed by atoms with van der Waals surface area (Å²) in [7, 11) is 0. The SMILES string of the molecule is CC1Cc2cc(Cl)ccc2C1N. The van der Waals surface area contributed by atoms with Gasteiger partial charge in [-0.05, 0) is 35.6 Å². The van der Waals surface area contributed by atoms with Crippen molar-refractivity contribution in [3.8, 4) is 0 Å². The summed E-state index contributed by atoms with van der Waals surface area (Å²) in [6.07, 6.45) is 1.07. The smallest absolute Gasteiger partial charge is 0.0408 e. The fourth-order valence-electron chi connectivity index (χ4n) is 1.86. The molecular formula is C10H12ClN. The first-order valence-corrected chi connectivity index (χ1v) is 4.60. The molecule has 1 aromatic rings. The van der Waals surface area contributed by atoms with E-state index in [1.807, 2.05) is 18.2 Å². The van der Waals surface area contributed by atoms with Crippen molar-refractivity contribution in [3.63, 3.8) is 0 Å². The molecule has 0 saturated carbocycles. The molecule has 0 saturated heterocycles. The van der Waals surface area contributed by atoms with E-state index >= 15 is 0 Å². The highest BCUT2D eigenvalue weighted by Gasteiger charge is 2.25. The summed E-state index contributed by atoms with van der Waals surface area (Å²) in [6, 6.07) is 6.20. The molecule has 1 aromatic carbocycles. The summed E-state index contributed by atoms with van der Waals surface area (Å²) in [5, 5.41) is 0.815. The molecule has 0 aromatic heterocycles. The Kier molecular flexibility index (Phi) is 1.85. The maximum absolute atomic E-state index is 6.00. The molecule has 0 radical (unpaired) electrons. The van der Waals surface area contributed by atoms with Crippen molar-refractivity contribution in [3.05, 3.63) is 34.3 Å². The molecule has 2 unspecified atom stereocenters. The molecule has 0 amide bonds. The molecule has 2 N–H and O–H groups in total. The Balaban J connectivity index is 2.47. The van der Waals surface area contributed by atoms with Crippen LogP contribution in [0, 0.1) is 5.92 Å². The van der Waals surface area contributed by atoms with Crippen LogP contribution >= 0.6 is 11.6 Å². The van der Waals surface area contributed by atoms with Crippen molar-refractivity contribution >= 4 is 11.6 Å². The zero-order valence-electron chi connectivity index (χ0n) is 7.05. The molecular weight excluding hydrogens is 170 g/mol. The number of hydrogen-bond acceptors (Lipinski definition) is 1. The first-order valence-electron chi connectivity index (χ1n) is 4.22. The third kappa shape index (κ3) is 1.13. The maximum Gasteiger partial charge on any atom is 0.0408 e. The predicted octanol–water partition coefficient (Wildman–Crippen LogP) is 2.53. The lowest BCUT2D eigenvalue weighted by Gasteiger charge is -2.08. The summed E-state index contributed by atoms with van der Waals surface area (Å²) in [5.74, 6) is 0.554. The molecule has 1 nitrogen and oxygen atoms in total. The van der Waals surface area contributed by atoms with Crippen molar-refractivity contribution < 1.29 is 0 Å². The molecule has 0 aliphatic heterocycles. The van der Waals surface area contributed by atoms with E-state index in [9.17, 15) is 0 Å². The third-order valence-corrected chi connectivity index (χ3v) is 2.85. The average Bonchev–Trinajstić information content (AvgIpc) is 2.28. The van der Waals surface area contributed by atoms with Gasteiger partial charge in [0.1, 0.15) is 0 Å². The number of benzene rings is 1. The van der Waals surface area contributed by atoms with Crippen molar-refractivity contribution in [2.45, 2.75) is 19.4 Å². The lowest BCUT2D eigenvalue weighted by atomic mass is 10.0. The number of fused-ring (bicyclic) bond motifs is 1. The molecule has 2 atom stereocenters. The summed E-state index contributed by atoms with van der Waals surface area (Å²) in [4.78, 5) is 0. The van der Waals surface area contributed by atoms with Gasteiger partial charge in [0.05, 0.1) is 0 Å². The maximum atomic E-state index is 6.00. The second kappa shape index (κ2) is 2.75. The largest absolute Gasteiger partial charge is 0.324 e. The predicted molar refractivity (Wildman–Crippen MR) is 51.2 cm³/mol. The van der Waals surface area contributed by atoms with Gasteiger partial charge < -0.3 is 5.73 Å². The highest BCUT2D eigenvalue weighted by molar-refractivity contribution is 6.30. The van der Waals surface area contributed by atoms with Crippen LogP contribution in [0.3, 0.4) is 0 Å². The zero-order valence-corrected chi connectivity index (χ0v) is 7.81. The van der Waals surface area contributed by atoms with Gasteiger partial charge in [0, 0.05) is 11.1 Å². The minimum Gasteiger partial charge on any atom is -0.324 e. The lowest BCUT2D eigenvalue weighted by Crippen LogP contribution is -2.13. The fraction of sp³-hybridized carbons (Fsp3) is 0.400. The van der Waals surface area contributed by atoms with Crippen LogP contribution in [0.15, 0.2) is 18.2 Å². The summed E-state index contributed by atoms with van der Waals surface area (Å²) >= 11 is 5.88. The Morgan fingerprint density at radius 2 is 2.25 bits per heavy atom. The van der Waals surface area contributed by atoms with Gasteiger partial charge in [0.25, 0.3) is 0 Å². The molecule has 64 valence electrons.